The molecule has 1 fully saturated rings. The number of phosphoric ester groups is 1. The molecule has 110 valence electrons. The highest BCUT2D eigenvalue weighted by Gasteiger charge is 2.34. The van der Waals surface area contributed by atoms with Crippen LogP contribution in [0.3, 0.4) is 0 Å². The average molecular weight is 304 g/mol. The lowest BCUT2D eigenvalue weighted by molar-refractivity contribution is 0.201. The maximum atomic E-state index is 12.8. The average Bonchev–Trinajstić information content (AvgIpc) is 3.31. The maximum Gasteiger partial charge on any atom is 0.587 e. The lowest BCUT2D eigenvalue weighted by atomic mass is 10.3. The third-order valence-electron chi connectivity index (χ3n) is 3.09. The van der Waals surface area contributed by atoms with E-state index in [2.05, 4.69) is 0 Å². The number of para-hydroxylation sites is 2. The molecule has 2 aromatic rings. The molecule has 2 aromatic carbocycles. The molecule has 0 N–H and O–H groups in total. The smallest absolute Gasteiger partial charge is 0.395 e. The summed E-state index contributed by atoms with van der Waals surface area (Å²) in [6.07, 6.45) is 2.22. The largest absolute Gasteiger partial charge is 0.587 e. The molecule has 0 heterocycles. The molecule has 0 radical (unpaired) electrons. The normalized spacial score (nSPS) is 14.7. The second kappa shape index (κ2) is 6.33. The monoisotopic (exact) mass is 304 g/mol. The van der Waals surface area contributed by atoms with E-state index in [1.807, 2.05) is 36.4 Å². The zero-order valence-corrected chi connectivity index (χ0v) is 12.4. The molecule has 21 heavy (non-hydrogen) atoms. The second-order valence-electron chi connectivity index (χ2n) is 5.00. The van der Waals surface area contributed by atoms with E-state index < -0.39 is 7.82 Å². The molecule has 0 bridgehead atoms. The van der Waals surface area contributed by atoms with Crippen LogP contribution in [0, 0.1) is 5.92 Å². The van der Waals surface area contributed by atoms with Crippen LogP contribution in [0.2, 0.25) is 0 Å². The molecule has 4 nitrogen and oxygen atoms in total. The zero-order chi connectivity index (χ0) is 14.5. The van der Waals surface area contributed by atoms with Gasteiger partial charge in [-0.3, -0.25) is 4.52 Å². The Hall–Kier alpha value is -1.77. The summed E-state index contributed by atoms with van der Waals surface area (Å²) in [5.41, 5.74) is 0. The summed E-state index contributed by atoms with van der Waals surface area (Å²) in [5, 5.41) is 0. The molecular formula is C16H17O4P. The standard InChI is InChI=1S/C16H17O4P/c17-21(18-13-14-11-12-14,19-15-7-3-1-4-8-15)20-16-9-5-2-6-10-16/h1-10,14H,11-13H2. The van der Waals surface area contributed by atoms with Crippen LogP contribution >= 0.6 is 7.82 Å². The fraction of sp³-hybridized carbons (Fsp3) is 0.250. The quantitative estimate of drug-likeness (QED) is 0.697. The van der Waals surface area contributed by atoms with Crippen molar-refractivity contribution in [3.8, 4) is 11.5 Å². The fourth-order valence-electron chi connectivity index (χ4n) is 1.77. The van der Waals surface area contributed by atoms with Crippen LogP contribution in [-0.4, -0.2) is 6.61 Å². The van der Waals surface area contributed by atoms with Crippen molar-refractivity contribution >= 4 is 7.82 Å². The lowest BCUT2D eigenvalue weighted by Crippen LogP contribution is -2.06. The Labute approximate surface area is 124 Å². The summed E-state index contributed by atoms with van der Waals surface area (Å²) >= 11 is 0. The van der Waals surface area contributed by atoms with Gasteiger partial charge in [-0.2, -0.15) is 0 Å². The Morgan fingerprint density at radius 2 is 1.33 bits per heavy atom. The first kappa shape index (κ1) is 14.2. The number of rotatable bonds is 7. The van der Waals surface area contributed by atoms with Crippen molar-refractivity contribution in [2.24, 2.45) is 5.92 Å². The molecule has 0 aromatic heterocycles. The van der Waals surface area contributed by atoms with Gasteiger partial charge in [0.05, 0.1) is 6.61 Å². The topological polar surface area (TPSA) is 44.8 Å². The van der Waals surface area contributed by atoms with Gasteiger partial charge in [-0.15, -0.1) is 0 Å². The van der Waals surface area contributed by atoms with Gasteiger partial charge in [0.1, 0.15) is 11.5 Å². The summed E-state index contributed by atoms with van der Waals surface area (Å²) in [6, 6.07) is 17.9. The Kier molecular flexibility index (Phi) is 4.28. The van der Waals surface area contributed by atoms with Crippen molar-refractivity contribution in [1.29, 1.82) is 0 Å². The Morgan fingerprint density at radius 3 is 1.76 bits per heavy atom. The second-order valence-corrected chi connectivity index (χ2v) is 6.51. The Bertz CT molecular complexity index is 565. The Balaban J connectivity index is 1.74. The van der Waals surface area contributed by atoms with Crippen LogP contribution in [0.15, 0.2) is 60.7 Å². The van der Waals surface area contributed by atoms with Crippen molar-refractivity contribution in [3.05, 3.63) is 60.7 Å². The zero-order valence-electron chi connectivity index (χ0n) is 11.6. The van der Waals surface area contributed by atoms with Gasteiger partial charge in [-0.05, 0) is 43.0 Å². The molecular weight excluding hydrogens is 287 g/mol. The molecule has 0 saturated heterocycles. The SMILES string of the molecule is O=P(OCC1CC1)(Oc1ccccc1)Oc1ccccc1. The van der Waals surface area contributed by atoms with E-state index in [1.54, 1.807) is 24.3 Å². The van der Waals surface area contributed by atoms with Crippen LogP contribution in [0.25, 0.3) is 0 Å². The van der Waals surface area contributed by atoms with Gasteiger partial charge < -0.3 is 9.05 Å². The van der Waals surface area contributed by atoms with Gasteiger partial charge in [0.15, 0.2) is 0 Å². The molecule has 3 rings (SSSR count). The van der Waals surface area contributed by atoms with Crippen LogP contribution in [0.5, 0.6) is 11.5 Å². The minimum absolute atomic E-state index is 0.400. The van der Waals surface area contributed by atoms with E-state index in [0.29, 0.717) is 24.0 Å². The predicted molar refractivity (Wildman–Crippen MR) is 80.4 cm³/mol. The molecule has 0 amide bonds. The van der Waals surface area contributed by atoms with Crippen LogP contribution < -0.4 is 9.05 Å². The third-order valence-corrected chi connectivity index (χ3v) is 4.42. The van der Waals surface area contributed by atoms with E-state index in [0.717, 1.165) is 12.8 Å². The number of benzene rings is 2. The van der Waals surface area contributed by atoms with E-state index in [-0.39, 0.29) is 0 Å². The molecule has 0 spiro atoms. The highest BCUT2D eigenvalue weighted by Crippen LogP contribution is 2.51. The van der Waals surface area contributed by atoms with Gasteiger partial charge in [-0.1, -0.05) is 36.4 Å². The molecule has 1 aliphatic rings. The number of hydrogen-bond acceptors (Lipinski definition) is 4. The molecule has 0 unspecified atom stereocenters. The minimum atomic E-state index is -3.68. The molecule has 1 aliphatic carbocycles. The first-order chi connectivity index (χ1) is 10.2. The molecule has 5 heteroatoms. The first-order valence-corrected chi connectivity index (χ1v) is 8.43. The Morgan fingerprint density at radius 1 is 0.857 bits per heavy atom. The van der Waals surface area contributed by atoms with Gasteiger partial charge in [0, 0.05) is 0 Å². The molecule has 1 saturated carbocycles. The molecule has 0 atom stereocenters. The highest BCUT2D eigenvalue weighted by molar-refractivity contribution is 7.49. The number of phosphoric acid groups is 1. The third kappa shape index (κ3) is 4.35. The predicted octanol–water partition coefficient (Wildman–Crippen LogP) is 4.68. The summed E-state index contributed by atoms with van der Waals surface area (Å²) in [7, 11) is -3.68. The number of hydrogen-bond donors (Lipinski definition) is 0. The van der Waals surface area contributed by atoms with Crippen molar-refractivity contribution in [2.75, 3.05) is 6.61 Å². The van der Waals surface area contributed by atoms with E-state index >= 15 is 0 Å². The van der Waals surface area contributed by atoms with Crippen molar-refractivity contribution in [2.45, 2.75) is 12.8 Å². The lowest BCUT2D eigenvalue weighted by Gasteiger charge is -2.18. The van der Waals surface area contributed by atoms with Gasteiger partial charge in [-0.25, -0.2) is 4.57 Å². The van der Waals surface area contributed by atoms with Gasteiger partial charge in [0.25, 0.3) is 0 Å². The van der Waals surface area contributed by atoms with Gasteiger partial charge in [0.2, 0.25) is 0 Å². The van der Waals surface area contributed by atoms with Crippen LogP contribution in [0.1, 0.15) is 12.8 Å². The summed E-state index contributed by atoms with van der Waals surface area (Å²) in [5.74, 6) is 1.40. The minimum Gasteiger partial charge on any atom is -0.395 e. The van der Waals surface area contributed by atoms with E-state index in [1.165, 1.54) is 0 Å². The van der Waals surface area contributed by atoms with Crippen molar-refractivity contribution < 1.29 is 18.1 Å². The van der Waals surface area contributed by atoms with Crippen LogP contribution in [-0.2, 0) is 9.09 Å². The first-order valence-electron chi connectivity index (χ1n) is 6.97. The van der Waals surface area contributed by atoms with Crippen molar-refractivity contribution in [3.63, 3.8) is 0 Å². The maximum absolute atomic E-state index is 12.8. The fourth-order valence-corrected chi connectivity index (χ4v) is 3.07. The van der Waals surface area contributed by atoms with E-state index in [4.69, 9.17) is 13.6 Å². The summed E-state index contributed by atoms with van der Waals surface area (Å²) in [4.78, 5) is 0. The van der Waals surface area contributed by atoms with Crippen LogP contribution in [0.4, 0.5) is 0 Å². The van der Waals surface area contributed by atoms with Gasteiger partial charge >= 0.3 is 7.82 Å². The molecule has 0 aliphatic heterocycles. The van der Waals surface area contributed by atoms with E-state index in [9.17, 15) is 4.57 Å². The highest BCUT2D eigenvalue weighted by atomic mass is 31.2. The van der Waals surface area contributed by atoms with Crippen molar-refractivity contribution in [1.82, 2.24) is 0 Å². The summed E-state index contributed by atoms with van der Waals surface area (Å²) < 4.78 is 29.3. The summed E-state index contributed by atoms with van der Waals surface area (Å²) in [6.45, 7) is 0.400.